The van der Waals surface area contributed by atoms with Crippen molar-refractivity contribution in [1.82, 2.24) is 9.97 Å². The van der Waals surface area contributed by atoms with Crippen molar-refractivity contribution in [2.75, 3.05) is 29.9 Å². The van der Waals surface area contributed by atoms with E-state index in [9.17, 15) is 5.11 Å². The van der Waals surface area contributed by atoms with Gasteiger partial charge in [-0.1, -0.05) is 13.8 Å². The van der Waals surface area contributed by atoms with Gasteiger partial charge in [0.1, 0.15) is 5.82 Å². The SMILES string of the molecule is CCCNc1ncc(Br)c(N2CCC(O)C(C)C2)n1. The third-order valence-electron chi connectivity index (χ3n) is 3.42. The Bertz CT molecular complexity index is 429. The van der Waals surface area contributed by atoms with Crippen molar-refractivity contribution in [3.05, 3.63) is 10.7 Å². The van der Waals surface area contributed by atoms with Gasteiger partial charge in [0.25, 0.3) is 0 Å². The van der Waals surface area contributed by atoms with Crippen LogP contribution in [0.15, 0.2) is 10.7 Å². The van der Waals surface area contributed by atoms with Crippen LogP contribution in [0.5, 0.6) is 0 Å². The van der Waals surface area contributed by atoms with E-state index in [0.29, 0.717) is 5.95 Å². The first kappa shape index (κ1) is 14.5. The van der Waals surface area contributed by atoms with Gasteiger partial charge in [0.2, 0.25) is 5.95 Å². The molecule has 0 radical (unpaired) electrons. The lowest BCUT2D eigenvalue weighted by atomic mass is 9.97. The third kappa shape index (κ3) is 3.57. The van der Waals surface area contributed by atoms with Crippen LogP contribution in [0, 0.1) is 5.92 Å². The fourth-order valence-corrected chi connectivity index (χ4v) is 2.67. The average Bonchev–Trinajstić information content (AvgIpc) is 2.41. The van der Waals surface area contributed by atoms with Gasteiger partial charge < -0.3 is 15.3 Å². The number of halogens is 1. The maximum absolute atomic E-state index is 9.80. The highest BCUT2D eigenvalue weighted by atomic mass is 79.9. The van der Waals surface area contributed by atoms with Crippen molar-refractivity contribution in [2.45, 2.75) is 32.8 Å². The van der Waals surface area contributed by atoms with Crippen LogP contribution in [-0.4, -0.2) is 40.8 Å². The van der Waals surface area contributed by atoms with Crippen LogP contribution in [0.4, 0.5) is 11.8 Å². The molecule has 2 rings (SSSR count). The van der Waals surface area contributed by atoms with Crippen molar-refractivity contribution in [3.63, 3.8) is 0 Å². The van der Waals surface area contributed by atoms with Gasteiger partial charge in [0.05, 0.1) is 10.6 Å². The number of nitrogens with one attached hydrogen (secondary N) is 1. The van der Waals surface area contributed by atoms with Crippen LogP contribution in [0.1, 0.15) is 26.7 Å². The average molecular weight is 329 g/mol. The molecule has 2 heterocycles. The summed E-state index contributed by atoms with van der Waals surface area (Å²) in [6.07, 6.45) is 3.42. The van der Waals surface area contributed by atoms with E-state index in [4.69, 9.17) is 0 Å². The van der Waals surface area contributed by atoms with E-state index in [1.807, 2.05) is 0 Å². The molecule has 1 saturated heterocycles. The highest BCUT2D eigenvalue weighted by Crippen LogP contribution is 2.28. The van der Waals surface area contributed by atoms with E-state index in [1.165, 1.54) is 0 Å². The molecule has 5 nitrogen and oxygen atoms in total. The number of hydrogen-bond donors (Lipinski definition) is 2. The molecule has 1 fully saturated rings. The van der Waals surface area contributed by atoms with Crippen molar-refractivity contribution < 1.29 is 5.11 Å². The second-order valence-electron chi connectivity index (χ2n) is 5.07. The van der Waals surface area contributed by atoms with Crippen LogP contribution < -0.4 is 10.2 Å². The molecule has 1 aromatic heterocycles. The lowest BCUT2D eigenvalue weighted by Crippen LogP contribution is -2.42. The summed E-state index contributed by atoms with van der Waals surface area (Å²) in [5.41, 5.74) is 0. The molecule has 106 valence electrons. The number of nitrogens with zero attached hydrogens (tertiary/aromatic N) is 3. The zero-order valence-electron chi connectivity index (χ0n) is 11.4. The first-order valence-electron chi connectivity index (χ1n) is 6.81. The second-order valence-corrected chi connectivity index (χ2v) is 5.93. The molecule has 2 atom stereocenters. The molecule has 0 aliphatic carbocycles. The number of hydrogen-bond acceptors (Lipinski definition) is 5. The van der Waals surface area contributed by atoms with Gasteiger partial charge in [0, 0.05) is 25.8 Å². The van der Waals surface area contributed by atoms with Gasteiger partial charge in [0.15, 0.2) is 0 Å². The second kappa shape index (κ2) is 6.52. The minimum absolute atomic E-state index is 0.199. The molecule has 0 aromatic carbocycles. The highest BCUT2D eigenvalue weighted by molar-refractivity contribution is 9.10. The Hall–Kier alpha value is -0.880. The third-order valence-corrected chi connectivity index (χ3v) is 3.98. The van der Waals surface area contributed by atoms with E-state index < -0.39 is 0 Å². The van der Waals surface area contributed by atoms with Crippen LogP contribution in [0.3, 0.4) is 0 Å². The van der Waals surface area contributed by atoms with Gasteiger partial charge >= 0.3 is 0 Å². The number of aromatic nitrogens is 2. The van der Waals surface area contributed by atoms with E-state index in [2.05, 4.69) is 50.0 Å². The molecule has 0 amide bonds. The first-order chi connectivity index (χ1) is 9.11. The van der Waals surface area contributed by atoms with Gasteiger partial charge in [-0.2, -0.15) is 4.98 Å². The normalized spacial score (nSPS) is 23.5. The summed E-state index contributed by atoms with van der Waals surface area (Å²) in [5, 5.41) is 13.0. The van der Waals surface area contributed by atoms with Crippen molar-refractivity contribution >= 4 is 27.7 Å². The summed E-state index contributed by atoms with van der Waals surface area (Å²) in [4.78, 5) is 11.0. The summed E-state index contributed by atoms with van der Waals surface area (Å²) in [6.45, 7) is 6.71. The number of anilines is 2. The molecule has 2 N–H and O–H groups in total. The van der Waals surface area contributed by atoms with Gasteiger partial charge in [-0.25, -0.2) is 4.98 Å². The van der Waals surface area contributed by atoms with Crippen LogP contribution >= 0.6 is 15.9 Å². The number of rotatable bonds is 4. The van der Waals surface area contributed by atoms with Crippen molar-refractivity contribution in [1.29, 1.82) is 0 Å². The number of piperidine rings is 1. The Balaban J connectivity index is 2.14. The summed E-state index contributed by atoms with van der Waals surface area (Å²) >= 11 is 3.51. The predicted octanol–water partition coefficient (Wildman–Crippen LogP) is 2.27. The van der Waals surface area contributed by atoms with Crippen molar-refractivity contribution in [2.24, 2.45) is 5.92 Å². The van der Waals surface area contributed by atoms with E-state index in [0.717, 1.165) is 42.8 Å². The maximum Gasteiger partial charge on any atom is 0.224 e. The smallest absolute Gasteiger partial charge is 0.224 e. The van der Waals surface area contributed by atoms with Crippen molar-refractivity contribution in [3.8, 4) is 0 Å². The molecule has 1 aliphatic heterocycles. The van der Waals surface area contributed by atoms with Gasteiger partial charge in [-0.05, 0) is 34.7 Å². The van der Waals surface area contributed by atoms with E-state index in [1.54, 1.807) is 6.20 Å². The Labute approximate surface area is 122 Å². The fourth-order valence-electron chi connectivity index (χ4n) is 2.23. The predicted molar refractivity (Wildman–Crippen MR) is 80.5 cm³/mol. The molecule has 0 bridgehead atoms. The Morgan fingerprint density at radius 2 is 2.37 bits per heavy atom. The van der Waals surface area contributed by atoms with E-state index in [-0.39, 0.29) is 12.0 Å². The molecule has 1 aliphatic rings. The summed E-state index contributed by atoms with van der Waals surface area (Å²) in [6, 6.07) is 0. The topological polar surface area (TPSA) is 61.3 Å². The zero-order chi connectivity index (χ0) is 13.8. The number of aliphatic hydroxyl groups is 1. The molecule has 0 saturated carbocycles. The molecular formula is C13H21BrN4O. The lowest BCUT2D eigenvalue weighted by molar-refractivity contribution is 0.0968. The maximum atomic E-state index is 9.80. The summed E-state index contributed by atoms with van der Waals surface area (Å²) in [7, 11) is 0. The zero-order valence-corrected chi connectivity index (χ0v) is 13.0. The monoisotopic (exact) mass is 328 g/mol. The molecule has 6 heteroatoms. The van der Waals surface area contributed by atoms with Crippen LogP contribution in [-0.2, 0) is 0 Å². The molecule has 0 spiro atoms. The number of aliphatic hydroxyl groups excluding tert-OH is 1. The summed E-state index contributed by atoms with van der Waals surface area (Å²) in [5.74, 6) is 1.84. The molecular weight excluding hydrogens is 308 g/mol. The minimum Gasteiger partial charge on any atom is -0.393 e. The fraction of sp³-hybridized carbons (Fsp3) is 0.692. The quantitative estimate of drug-likeness (QED) is 0.887. The Kier molecular flexibility index (Phi) is 4.99. The van der Waals surface area contributed by atoms with Crippen LogP contribution in [0.25, 0.3) is 0 Å². The highest BCUT2D eigenvalue weighted by Gasteiger charge is 2.26. The molecule has 1 aromatic rings. The largest absolute Gasteiger partial charge is 0.393 e. The van der Waals surface area contributed by atoms with Crippen LogP contribution in [0.2, 0.25) is 0 Å². The Morgan fingerprint density at radius 1 is 1.58 bits per heavy atom. The molecule has 19 heavy (non-hydrogen) atoms. The molecule has 2 unspecified atom stereocenters. The standard InChI is InChI=1S/C13H21BrN4O/c1-3-5-15-13-16-7-10(14)12(17-13)18-6-4-11(19)9(2)8-18/h7,9,11,19H,3-6,8H2,1-2H3,(H,15,16,17). The van der Waals surface area contributed by atoms with Gasteiger partial charge in [-0.15, -0.1) is 0 Å². The first-order valence-corrected chi connectivity index (χ1v) is 7.60. The summed E-state index contributed by atoms with van der Waals surface area (Å²) < 4.78 is 0.901. The van der Waals surface area contributed by atoms with E-state index >= 15 is 0 Å². The van der Waals surface area contributed by atoms with Gasteiger partial charge in [-0.3, -0.25) is 0 Å². The Morgan fingerprint density at radius 3 is 3.05 bits per heavy atom. The lowest BCUT2D eigenvalue weighted by Gasteiger charge is -2.35. The minimum atomic E-state index is -0.199.